The Labute approximate surface area is 115 Å². The van der Waals surface area contributed by atoms with Crippen molar-refractivity contribution in [2.75, 3.05) is 6.61 Å². The molecule has 20 heavy (non-hydrogen) atoms. The predicted molar refractivity (Wildman–Crippen MR) is 66.7 cm³/mol. The summed E-state index contributed by atoms with van der Waals surface area (Å²) < 4.78 is 33.0. The summed E-state index contributed by atoms with van der Waals surface area (Å²) in [7, 11) is 0. The lowest BCUT2D eigenvalue weighted by atomic mass is 10.1. The second-order valence-electron chi connectivity index (χ2n) is 4.10. The van der Waals surface area contributed by atoms with Gasteiger partial charge in [0, 0.05) is 12.8 Å². The number of esters is 1. The van der Waals surface area contributed by atoms with Gasteiger partial charge in [0.05, 0.1) is 6.61 Å². The lowest BCUT2D eigenvalue weighted by Crippen LogP contribution is -2.09. The maximum absolute atomic E-state index is 11.9. The number of rotatable bonds is 8. The van der Waals surface area contributed by atoms with Crippen LogP contribution in [0.2, 0.25) is 0 Å². The van der Waals surface area contributed by atoms with Crippen molar-refractivity contribution in [3.8, 4) is 6.26 Å². The first kappa shape index (κ1) is 15.9. The zero-order chi connectivity index (χ0) is 14.8. The van der Waals surface area contributed by atoms with Gasteiger partial charge >= 0.3 is 5.97 Å². The Morgan fingerprint density at radius 3 is 2.80 bits per heavy atom. The zero-order valence-corrected chi connectivity index (χ0v) is 10.9. The van der Waals surface area contributed by atoms with Gasteiger partial charge in [-0.15, -0.1) is 0 Å². The van der Waals surface area contributed by atoms with E-state index in [1.165, 1.54) is 0 Å². The lowest BCUT2D eigenvalue weighted by Gasteiger charge is -2.06. The van der Waals surface area contributed by atoms with E-state index in [9.17, 15) is 13.6 Å². The first-order chi connectivity index (χ1) is 9.61. The highest BCUT2D eigenvalue weighted by Gasteiger charge is 2.07. The number of carbonyl (C=O) groups is 1. The molecule has 0 unspecified atom stereocenters. The summed E-state index contributed by atoms with van der Waals surface area (Å²) in [6, 6.07) is 7.27. The largest absolute Gasteiger partial charge is 0.465 e. The van der Waals surface area contributed by atoms with E-state index in [0.717, 1.165) is 11.1 Å². The molecule has 0 amide bonds. The van der Waals surface area contributed by atoms with Crippen LogP contribution in [-0.2, 0) is 27.3 Å². The van der Waals surface area contributed by atoms with E-state index in [0.29, 0.717) is 6.42 Å². The van der Waals surface area contributed by atoms with Gasteiger partial charge in [-0.05, 0) is 17.5 Å². The van der Waals surface area contributed by atoms with E-state index in [4.69, 9.17) is 5.26 Å². The Morgan fingerprint density at radius 2 is 2.10 bits per heavy atom. The Kier molecular flexibility index (Phi) is 7.04. The van der Waals surface area contributed by atoms with Crippen molar-refractivity contribution in [2.24, 2.45) is 0 Å². The van der Waals surface area contributed by atoms with Crippen LogP contribution in [0.25, 0.3) is 0 Å². The molecule has 0 spiro atoms. The van der Waals surface area contributed by atoms with Crippen LogP contribution in [-0.4, -0.2) is 19.0 Å². The number of aryl methyl sites for hydroxylation is 1. The van der Waals surface area contributed by atoms with Gasteiger partial charge in [0.1, 0.15) is 6.61 Å². The van der Waals surface area contributed by atoms with E-state index in [2.05, 4.69) is 9.47 Å². The maximum Gasteiger partial charge on any atom is 0.306 e. The molecule has 1 aromatic carbocycles. The fourth-order valence-electron chi connectivity index (χ4n) is 1.57. The normalized spacial score (nSPS) is 10.1. The summed E-state index contributed by atoms with van der Waals surface area (Å²) in [5, 5.41) is 8.31. The molecular formula is C14H15F2NO3. The average molecular weight is 283 g/mol. The van der Waals surface area contributed by atoms with E-state index in [-0.39, 0.29) is 19.6 Å². The number of halogens is 2. The molecule has 1 rings (SSSR count). The molecule has 108 valence electrons. The summed E-state index contributed by atoms with van der Waals surface area (Å²) in [6.45, 7) is -0.0737. The SMILES string of the molecule is N#COCc1cccc(CCC(=O)OCCC(F)F)c1. The van der Waals surface area contributed by atoms with E-state index < -0.39 is 18.8 Å². The van der Waals surface area contributed by atoms with Gasteiger partial charge in [0.25, 0.3) is 6.26 Å². The molecule has 0 bridgehead atoms. The number of nitrogens with zero attached hydrogens (tertiary/aromatic N) is 1. The van der Waals surface area contributed by atoms with Gasteiger partial charge in [-0.3, -0.25) is 4.79 Å². The third kappa shape index (κ3) is 6.69. The smallest absolute Gasteiger partial charge is 0.306 e. The van der Waals surface area contributed by atoms with Gasteiger partial charge in [0.2, 0.25) is 6.43 Å². The standard InChI is InChI=1S/C14H15F2NO3/c15-13(16)6-7-20-14(18)5-4-11-2-1-3-12(8-11)9-19-10-17/h1-3,8,13H,4-7,9H2. The van der Waals surface area contributed by atoms with Crippen molar-refractivity contribution in [2.45, 2.75) is 32.3 Å². The Hall–Kier alpha value is -2.16. The molecule has 0 atom stereocenters. The third-order valence-corrected chi connectivity index (χ3v) is 2.51. The molecule has 0 aliphatic carbocycles. The number of hydrogen-bond donors (Lipinski definition) is 0. The van der Waals surface area contributed by atoms with Crippen LogP contribution in [0.1, 0.15) is 24.0 Å². The fourth-order valence-corrected chi connectivity index (χ4v) is 1.57. The number of hydrogen-bond acceptors (Lipinski definition) is 4. The molecule has 0 aliphatic rings. The van der Waals surface area contributed by atoms with Crippen LogP contribution < -0.4 is 0 Å². The zero-order valence-electron chi connectivity index (χ0n) is 10.9. The summed E-state index contributed by atoms with van der Waals surface area (Å²) in [5.41, 5.74) is 1.73. The van der Waals surface area contributed by atoms with Crippen LogP contribution in [0.15, 0.2) is 24.3 Å². The molecule has 0 aromatic heterocycles. The average Bonchev–Trinajstić information content (AvgIpc) is 2.43. The van der Waals surface area contributed by atoms with Crippen molar-refractivity contribution in [3.63, 3.8) is 0 Å². The third-order valence-electron chi connectivity index (χ3n) is 2.51. The minimum atomic E-state index is -2.46. The minimum absolute atomic E-state index is 0.131. The molecule has 0 saturated heterocycles. The molecule has 0 N–H and O–H groups in total. The highest BCUT2D eigenvalue weighted by atomic mass is 19.3. The number of benzene rings is 1. The van der Waals surface area contributed by atoms with E-state index >= 15 is 0 Å². The van der Waals surface area contributed by atoms with Gasteiger partial charge < -0.3 is 9.47 Å². The van der Waals surface area contributed by atoms with Crippen molar-refractivity contribution in [1.82, 2.24) is 0 Å². The first-order valence-electron chi connectivity index (χ1n) is 6.14. The van der Waals surface area contributed by atoms with Crippen molar-refractivity contribution in [3.05, 3.63) is 35.4 Å². The van der Waals surface area contributed by atoms with Crippen LogP contribution in [0.4, 0.5) is 8.78 Å². The van der Waals surface area contributed by atoms with E-state index in [1.54, 1.807) is 12.3 Å². The molecule has 0 aliphatic heterocycles. The highest BCUT2D eigenvalue weighted by molar-refractivity contribution is 5.69. The van der Waals surface area contributed by atoms with Crippen molar-refractivity contribution in [1.29, 1.82) is 5.26 Å². The lowest BCUT2D eigenvalue weighted by molar-refractivity contribution is -0.144. The van der Waals surface area contributed by atoms with E-state index in [1.807, 2.05) is 18.2 Å². The molecular weight excluding hydrogens is 268 g/mol. The quantitative estimate of drug-likeness (QED) is 0.543. The van der Waals surface area contributed by atoms with Gasteiger partial charge in [0.15, 0.2) is 0 Å². The topological polar surface area (TPSA) is 59.3 Å². The molecule has 1 aromatic rings. The predicted octanol–water partition coefficient (Wildman–Crippen LogP) is 2.82. The summed E-state index contributed by atoms with van der Waals surface area (Å²) >= 11 is 0. The van der Waals surface area contributed by atoms with Crippen LogP contribution >= 0.6 is 0 Å². The van der Waals surface area contributed by atoms with Crippen LogP contribution in [0.5, 0.6) is 0 Å². The first-order valence-corrected chi connectivity index (χ1v) is 6.14. The van der Waals surface area contributed by atoms with Gasteiger partial charge in [-0.2, -0.15) is 5.26 Å². The second kappa shape index (κ2) is 8.86. The highest BCUT2D eigenvalue weighted by Crippen LogP contribution is 2.09. The fraction of sp³-hybridized carbons (Fsp3) is 0.429. The number of ether oxygens (including phenoxy) is 2. The Bertz CT molecular complexity index is 472. The second-order valence-corrected chi connectivity index (χ2v) is 4.10. The van der Waals surface area contributed by atoms with Crippen molar-refractivity contribution >= 4 is 5.97 Å². The Morgan fingerprint density at radius 1 is 1.35 bits per heavy atom. The summed E-state index contributed by atoms with van der Waals surface area (Å²) in [5.74, 6) is -0.496. The summed E-state index contributed by atoms with van der Waals surface area (Å²) in [4.78, 5) is 11.3. The minimum Gasteiger partial charge on any atom is -0.465 e. The van der Waals surface area contributed by atoms with Gasteiger partial charge in [-0.25, -0.2) is 8.78 Å². The number of carbonyl (C=O) groups excluding carboxylic acids is 1. The van der Waals surface area contributed by atoms with Crippen molar-refractivity contribution < 1.29 is 23.0 Å². The van der Waals surface area contributed by atoms with Gasteiger partial charge in [-0.1, -0.05) is 24.3 Å². The molecule has 0 heterocycles. The number of alkyl halides is 2. The van der Waals surface area contributed by atoms with Crippen LogP contribution in [0.3, 0.4) is 0 Å². The molecule has 6 heteroatoms. The summed E-state index contributed by atoms with van der Waals surface area (Å²) in [6.07, 6.45) is -0.731. The molecule has 0 radical (unpaired) electrons. The molecule has 4 nitrogen and oxygen atoms in total. The molecule has 0 saturated carbocycles. The monoisotopic (exact) mass is 283 g/mol. The molecule has 0 fully saturated rings. The maximum atomic E-state index is 11.9. The number of nitriles is 1. The Balaban J connectivity index is 2.34. The van der Waals surface area contributed by atoms with Crippen LogP contribution in [0, 0.1) is 11.5 Å².